The van der Waals surface area contributed by atoms with E-state index in [4.69, 9.17) is 0 Å². The molecule has 0 unspecified atom stereocenters. The van der Waals surface area contributed by atoms with Crippen LogP contribution in [0.25, 0.3) is 0 Å². The van der Waals surface area contributed by atoms with Crippen LogP contribution in [0.2, 0.25) is 0 Å². The zero-order chi connectivity index (χ0) is 10.3. The van der Waals surface area contributed by atoms with Gasteiger partial charge in [0.1, 0.15) is 0 Å². The fourth-order valence-corrected chi connectivity index (χ4v) is 2.45. The van der Waals surface area contributed by atoms with Gasteiger partial charge in [0.15, 0.2) is 0 Å². The molecular weight excluding hydrogens is 182 g/mol. The zero-order valence-corrected chi connectivity index (χ0v) is 9.37. The Bertz CT molecular complexity index is 331. The Hall–Kier alpha value is -0.820. The first-order chi connectivity index (χ1) is 7.31. The van der Waals surface area contributed by atoms with Crippen molar-refractivity contribution in [2.45, 2.75) is 50.6 Å². The number of benzene rings is 1. The van der Waals surface area contributed by atoms with Crippen molar-refractivity contribution in [2.24, 2.45) is 0 Å². The third-order valence-electron chi connectivity index (χ3n) is 3.74. The van der Waals surface area contributed by atoms with E-state index in [1.807, 2.05) is 0 Å². The van der Waals surface area contributed by atoms with Gasteiger partial charge in [-0.1, -0.05) is 29.8 Å². The summed E-state index contributed by atoms with van der Waals surface area (Å²) in [4.78, 5) is 0. The predicted molar refractivity (Wildman–Crippen MR) is 63.1 cm³/mol. The Kier molecular flexibility index (Phi) is 2.28. The molecule has 0 amide bonds. The Morgan fingerprint density at radius 1 is 1.00 bits per heavy atom. The van der Waals surface area contributed by atoms with E-state index in [1.54, 1.807) is 0 Å². The van der Waals surface area contributed by atoms with E-state index in [0.29, 0.717) is 0 Å². The van der Waals surface area contributed by atoms with Gasteiger partial charge in [0.05, 0.1) is 0 Å². The third-order valence-corrected chi connectivity index (χ3v) is 3.74. The smallest absolute Gasteiger partial charge is 0.00813 e. The molecule has 1 aromatic carbocycles. The summed E-state index contributed by atoms with van der Waals surface area (Å²) >= 11 is 0. The van der Waals surface area contributed by atoms with Gasteiger partial charge in [0.2, 0.25) is 0 Å². The van der Waals surface area contributed by atoms with Crippen molar-refractivity contribution in [1.82, 2.24) is 5.32 Å². The van der Waals surface area contributed by atoms with Gasteiger partial charge in [-0.25, -0.2) is 0 Å². The largest absolute Gasteiger partial charge is 0.311 e. The van der Waals surface area contributed by atoms with E-state index < -0.39 is 0 Å². The van der Waals surface area contributed by atoms with E-state index in [-0.39, 0.29) is 0 Å². The lowest BCUT2D eigenvalue weighted by Crippen LogP contribution is -2.41. The molecule has 2 saturated carbocycles. The number of hydrogen-bond donors (Lipinski definition) is 1. The Balaban J connectivity index is 1.55. The van der Waals surface area contributed by atoms with Crippen molar-refractivity contribution in [1.29, 1.82) is 0 Å². The zero-order valence-electron chi connectivity index (χ0n) is 9.37. The maximum absolute atomic E-state index is 3.70. The van der Waals surface area contributed by atoms with Crippen LogP contribution in [0.5, 0.6) is 0 Å². The predicted octanol–water partition coefficient (Wildman–Crippen LogP) is 2.99. The van der Waals surface area contributed by atoms with Crippen LogP contribution in [-0.2, 0) is 0 Å². The minimum Gasteiger partial charge on any atom is -0.311 e. The third kappa shape index (κ3) is 2.07. The highest BCUT2D eigenvalue weighted by atomic mass is 15.0. The fraction of sp³-hybridized carbons (Fsp3) is 0.571. The quantitative estimate of drug-likeness (QED) is 0.792. The van der Waals surface area contributed by atoms with Crippen LogP contribution >= 0.6 is 0 Å². The molecule has 2 aliphatic rings. The lowest BCUT2D eigenvalue weighted by Gasteiger charge is -2.36. The molecule has 0 aliphatic heterocycles. The fourth-order valence-electron chi connectivity index (χ4n) is 2.45. The monoisotopic (exact) mass is 201 g/mol. The number of nitrogens with one attached hydrogen (secondary N) is 1. The summed E-state index contributed by atoms with van der Waals surface area (Å²) < 4.78 is 0. The molecule has 0 heterocycles. The van der Waals surface area contributed by atoms with E-state index >= 15 is 0 Å². The van der Waals surface area contributed by atoms with Gasteiger partial charge in [-0.15, -0.1) is 0 Å². The van der Waals surface area contributed by atoms with E-state index in [1.165, 1.54) is 36.8 Å². The molecule has 1 heteroatoms. The molecule has 15 heavy (non-hydrogen) atoms. The first-order valence-electron chi connectivity index (χ1n) is 6.14. The molecule has 0 spiro atoms. The minimum absolute atomic E-state index is 0.809. The van der Waals surface area contributed by atoms with Crippen LogP contribution in [-0.4, -0.2) is 12.1 Å². The van der Waals surface area contributed by atoms with Crippen molar-refractivity contribution < 1.29 is 0 Å². The van der Waals surface area contributed by atoms with Gasteiger partial charge in [-0.2, -0.15) is 0 Å². The summed E-state index contributed by atoms with van der Waals surface area (Å²) in [5.41, 5.74) is 2.90. The Labute approximate surface area is 91.9 Å². The van der Waals surface area contributed by atoms with Gasteiger partial charge in [-0.3, -0.25) is 0 Å². The number of rotatable bonds is 3. The highest BCUT2D eigenvalue weighted by Gasteiger charge is 2.34. The normalized spacial score (nSPS) is 29.9. The van der Waals surface area contributed by atoms with Crippen LogP contribution < -0.4 is 5.32 Å². The molecule has 2 fully saturated rings. The van der Waals surface area contributed by atoms with Gasteiger partial charge >= 0.3 is 0 Å². The molecule has 80 valence electrons. The van der Waals surface area contributed by atoms with Crippen LogP contribution in [0.3, 0.4) is 0 Å². The highest BCUT2D eigenvalue weighted by molar-refractivity contribution is 5.26. The molecule has 1 aromatic rings. The first kappa shape index (κ1) is 9.41. The molecule has 0 radical (unpaired) electrons. The van der Waals surface area contributed by atoms with Crippen molar-refractivity contribution in [2.75, 3.05) is 0 Å². The average Bonchev–Trinajstić information content (AvgIpc) is 2.96. The maximum Gasteiger partial charge on any atom is 0.00813 e. The summed E-state index contributed by atoms with van der Waals surface area (Å²) in [6, 6.07) is 10.7. The van der Waals surface area contributed by atoms with Crippen LogP contribution in [0, 0.1) is 6.92 Å². The lowest BCUT2D eigenvalue weighted by atomic mass is 9.75. The summed E-state index contributed by atoms with van der Waals surface area (Å²) in [6.45, 7) is 2.15. The average molecular weight is 201 g/mol. The standard InChI is InChI=1S/C14H19N/c1-10-2-4-11(5-3-10)12-8-14(9-12)15-13-6-7-13/h2-5,12-15H,6-9H2,1H3. The molecule has 1 nitrogen and oxygen atoms in total. The topological polar surface area (TPSA) is 12.0 Å². The summed E-state index contributed by atoms with van der Waals surface area (Å²) in [5.74, 6) is 0.821. The second kappa shape index (κ2) is 3.64. The summed E-state index contributed by atoms with van der Waals surface area (Å²) in [6.07, 6.45) is 5.51. The Morgan fingerprint density at radius 2 is 1.67 bits per heavy atom. The SMILES string of the molecule is Cc1ccc(C2CC(NC3CC3)C2)cc1. The van der Waals surface area contributed by atoms with Crippen LogP contribution in [0.1, 0.15) is 42.7 Å². The number of aryl methyl sites for hydroxylation is 1. The van der Waals surface area contributed by atoms with Crippen LogP contribution in [0.15, 0.2) is 24.3 Å². The second-order valence-corrected chi connectivity index (χ2v) is 5.22. The molecule has 3 rings (SSSR count). The van der Waals surface area contributed by atoms with Gasteiger partial charge in [0, 0.05) is 12.1 Å². The van der Waals surface area contributed by atoms with Crippen molar-refractivity contribution in [3.05, 3.63) is 35.4 Å². The second-order valence-electron chi connectivity index (χ2n) is 5.22. The molecule has 0 aromatic heterocycles. The molecule has 0 atom stereocenters. The Morgan fingerprint density at radius 3 is 2.27 bits per heavy atom. The first-order valence-corrected chi connectivity index (χ1v) is 6.14. The summed E-state index contributed by atoms with van der Waals surface area (Å²) in [7, 11) is 0. The molecular formula is C14H19N. The van der Waals surface area contributed by atoms with Gasteiger partial charge < -0.3 is 5.32 Å². The van der Waals surface area contributed by atoms with Crippen molar-refractivity contribution in [3.8, 4) is 0 Å². The van der Waals surface area contributed by atoms with Gasteiger partial charge in [0.25, 0.3) is 0 Å². The molecule has 2 aliphatic carbocycles. The number of hydrogen-bond acceptors (Lipinski definition) is 1. The van der Waals surface area contributed by atoms with Gasteiger partial charge in [-0.05, 0) is 44.1 Å². The van der Waals surface area contributed by atoms with Crippen LogP contribution in [0.4, 0.5) is 0 Å². The molecule has 0 saturated heterocycles. The van der Waals surface area contributed by atoms with E-state index in [9.17, 15) is 0 Å². The minimum atomic E-state index is 0.809. The van der Waals surface area contributed by atoms with Crippen molar-refractivity contribution in [3.63, 3.8) is 0 Å². The molecule has 0 bridgehead atoms. The maximum atomic E-state index is 3.70. The van der Waals surface area contributed by atoms with Crippen molar-refractivity contribution >= 4 is 0 Å². The summed E-state index contributed by atoms with van der Waals surface area (Å²) in [5, 5.41) is 3.70. The highest BCUT2D eigenvalue weighted by Crippen LogP contribution is 2.38. The molecule has 1 N–H and O–H groups in total. The lowest BCUT2D eigenvalue weighted by molar-refractivity contribution is 0.289. The van der Waals surface area contributed by atoms with E-state index in [0.717, 1.165) is 18.0 Å². The van der Waals surface area contributed by atoms with E-state index in [2.05, 4.69) is 36.5 Å².